The average molecular weight is 312 g/mol. The summed E-state index contributed by atoms with van der Waals surface area (Å²) < 4.78 is 26.5. The van der Waals surface area contributed by atoms with Crippen LogP contribution in [0.1, 0.15) is 12.5 Å². The van der Waals surface area contributed by atoms with Crippen molar-refractivity contribution < 1.29 is 13.3 Å². The number of piperazine rings is 1. The van der Waals surface area contributed by atoms with E-state index in [1.165, 1.54) is 10.4 Å². The van der Waals surface area contributed by atoms with E-state index in [9.17, 15) is 18.5 Å². The Bertz CT molecular complexity index is 637. The Balaban J connectivity index is 2.30. The first-order valence-corrected chi connectivity index (χ1v) is 8.19. The molecule has 0 aromatic heterocycles. The molecule has 1 aromatic carbocycles. The number of non-ortho nitro benzene ring substituents is 1. The first-order valence-electron chi connectivity index (χ1n) is 6.75. The number of sulfonamides is 1. The molecule has 0 amide bonds. The summed E-state index contributed by atoms with van der Waals surface area (Å²) in [5.41, 5.74) is 0.215. The summed E-state index contributed by atoms with van der Waals surface area (Å²) in [5.74, 6) is 0. The van der Waals surface area contributed by atoms with Crippen molar-refractivity contribution in [1.82, 2.24) is 9.21 Å². The van der Waals surface area contributed by atoms with Gasteiger partial charge in [-0.1, -0.05) is 6.92 Å². The second-order valence-corrected chi connectivity index (χ2v) is 6.89. The van der Waals surface area contributed by atoms with Gasteiger partial charge in [0.2, 0.25) is 10.0 Å². The first kappa shape index (κ1) is 15.9. The van der Waals surface area contributed by atoms with Crippen molar-refractivity contribution in [1.29, 1.82) is 0 Å². The SMILES string of the molecule is CCN1CCN(S(=O)(=O)c2[c]c(C)cc([N+](=O)[O-])c2)CC1. The Morgan fingerprint density at radius 3 is 2.43 bits per heavy atom. The molecule has 0 saturated carbocycles. The Hall–Kier alpha value is -1.51. The van der Waals surface area contributed by atoms with Crippen LogP contribution >= 0.6 is 0 Å². The number of likely N-dealkylation sites (N-methyl/N-ethyl adjacent to an activating group) is 1. The van der Waals surface area contributed by atoms with Gasteiger partial charge in [-0.2, -0.15) is 4.31 Å². The lowest BCUT2D eigenvalue weighted by atomic mass is 10.2. The van der Waals surface area contributed by atoms with Crippen molar-refractivity contribution in [3.8, 4) is 0 Å². The smallest absolute Gasteiger partial charge is 0.271 e. The van der Waals surface area contributed by atoms with Crippen molar-refractivity contribution in [2.24, 2.45) is 0 Å². The van der Waals surface area contributed by atoms with E-state index in [0.717, 1.165) is 12.6 Å². The van der Waals surface area contributed by atoms with E-state index in [-0.39, 0.29) is 10.6 Å². The highest BCUT2D eigenvalue weighted by Crippen LogP contribution is 2.23. The zero-order chi connectivity index (χ0) is 15.6. The van der Waals surface area contributed by atoms with Gasteiger partial charge in [-0.3, -0.25) is 10.1 Å². The topological polar surface area (TPSA) is 83.8 Å². The number of hydrogen-bond donors (Lipinski definition) is 0. The largest absolute Gasteiger partial charge is 0.301 e. The van der Waals surface area contributed by atoms with Gasteiger partial charge in [-0.15, -0.1) is 0 Å². The average Bonchev–Trinajstić information content (AvgIpc) is 2.46. The Labute approximate surface area is 124 Å². The molecule has 2 rings (SSSR count). The standard InChI is InChI=1S/C13H18N3O4S/c1-3-14-4-6-15(7-5-14)21(19,20)13-9-11(2)8-12(10-13)16(17)18/h8,10H,3-7H2,1-2H3. The van der Waals surface area contributed by atoms with Crippen molar-refractivity contribution in [3.05, 3.63) is 33.9 Å². The number of nitro benzene ring substituents is 1. The molecule has 8 heteroatoms. The van der Waals surface area contributed by atoms with Gasteiger partial charge in [0.25, 0.3) is 5.69 Å². The first-order chi connectivity index (χ1) is 9.84. The van der Waals surface area contributed by atoms with Gasteiger partial charge in [-0.05, 0) is 19.0 Å². The van der Waals surface area contributed by atoms with Gasteiger partial charge < -0.3 is 4.90 Å². The van der Waals surface area contributed by atoms with Crippen LogP contribution in [-0.2, 0) is 10.0 Å². The maximum atomic E-state index is 12.6. The number of hydrogen-bond acceptors (Lipinski definition) is 5. The highest BCUT2D eigenvalue weighted by molar-refractivity contribution is 7.89. The zero-order valence-corrected chi connectivity index (χ0v) is 12.9. The van der Waals surface area contributed by atoms with E-state index in [1.807, 2.05) is 6.92 Å². The van der Waals surface area contributed by atoms with Crippen LogP contribution in [0.3, 0.4) is 0 Å². The van der Waals surface area contributed by atoms with E-state index in [2.05, 4.69) is 11.0 Å². The molecule has 1 saturated heterocycles. The molecule has 115 valence electrons. The Morgan fingerprint density at radius 2 is 1.90 bits per heavy atom. The maximum absolute atomic E-state index is 12.6. The molecule has 0 spiro atoms. The summed E-state index contributed by atoms with van der Waals surface area (Å²) in [6.45, 7) is 6.64. The summed E-state index contributed by atoms with van der Waals surface area (Å²) in [7, 11) is -3.73. The number of aryl methyl sites for hydroxylation is 1. The molecular formula is C13H18N3O4S. The van der Waals surface area contributed by atoms with Crippen molar-refractivity contribution >= 4 is 15.7 Å². The van der Waals surface area contributed by atoms with Crippen molar-refractivity contribution in [2.45, 2.75) is 18.7 Å². The lowest BCUT2D eigenvalue weighted by Gasteiger charge is -2.33. The molecule has 0 atom stereocenters. The molecule has 1 aliphatic rings. The third kappa shape index (κ3) is 3.39. The van der Waals surface area contributed by atoms with Gasteiger partial charge in [0.1, 0.15) is 0 Å². The van der Waals surface area contributed by atoms with Crippen LogP contribution in [0.25, 0.3) is 0 Å². The summed E-state index contributed by atoms with van der Waals surface area (Å²) in [6, 6.07) is 5.11. The number of rotatable bonds is 4. The number of nitrogens with zero attached hydrogens (tertiary/aromatic N) is 3. The number of nitro groups is 1. The molecule has 7 nitrogen and oxygen atoms in total. The molecule has 1 fully saturated rings. The van der Waals surface area contributed by atoms with Gasteiger partial charge in [-0.25, -0.2) is 8.42 Å². The van der Waals surface area contributed by atoms with Crippen LogP contribution in [0.5, 0.6) is 0 Å². The molecule has 1 aromatic rings. The van der Waals surface area contributed by atoms with Gasteiger partial charge in [0.05, 0.1) is 9.82 Å². The molecule has 1 radical (unpaired) electrons. The highest BCUT2D eigenvalue weighted by Gasteiger charge is 2.29. The minimum absolute atomic E-state index is 0.126. The van der Waals surface area contributed by atoms with E-state index < -0.39 is 14.9 Å². The highest BCUT2D eigenvalue weighted by atomic mass is 32.2. The van der Waals surface area contributed by atoms with Gasteiger partial charge in [0, 0.05) is 44.4 Å². The van der Waals surface area contributed by atoms with Crippen LogP contribution in [0.4, 0.5) is 5.69 Å². The monoisotopic (exact) mass is 312 g/mol. The van der Waals surface area contributed by atoms with E-state index in [4.69, 9.17) is 0 Å². The third-order valence-electron chi connectivity index (χ3n) is 3.57. The van der Waals surface area contributed by atoms with Gasteiger partial charge >= 0.3 is 0 Å². The maximum Gasteiger partial charge on any atom is 0.271 e. The molecule has 0 aliphatic carbocycles. The molecule has 0 unspecified atom stereocenters. The minimum Gasteiger partial charge on any atom is -0.301 e. The quantitative estimate of drug-likeness (QED) is 0.612. The molecular weight excluding hydrogens is 294 g/mol. The fourth-order valence-electron chi connectivity index (χ4n) is 2.33. The van der Waals surface area contributed by atoms with Crippen LogP contribution in [-0.4, -0.2) is 55.3 Å². The van der Waals surface area contributed by atoms with E-state index in [1.54, 1.807) is 6.92 Å². The molecule has 21 heavy (non-hydrogen) atoms. The second kappa shape index (κ2) is 6.08. The minimum atomic E-state index is -3.73. The van der Waals surface area contributed by atoms with Crippen LogP contribution in [0.15, 0.2) is 17.0 Å². The summed E-state index contributed by atoms with van der Waals surface area (Å²) in [6.07, 6.45) is 0. The van der Waals surface area contributed by atoms with Gasteiger partial charge in [0.15, 0.2) is 0 Å². The third-order valence-corrected chi connectivity index (χ3v) is 5.39. The van der Waals surface area contributed by atoms with Crippen molar-refractivity contribution in [3.63, 3.8) is 0 Å². The predicted molar refractivity (Wildman–Crippen MR) is 77.5 cm³/mol. The number of benzene rings is 1. The van der Waals surface area contributed by atoms with E-state index in [0.29, 0.717) is 31.7 Å². The molecule has 1 aliphatic heterocycles. The second-order valence-electron chi connectivity index (χ2n) is 4.98. The van der Waals surface area contributed by atoms with Crippen LogP contribution < -0.4 is 0 Å². The summed E-state index contributed by atoms with van der Waals surface area (Å²) in [4.78, 5) is 12.3. The summed E-state index contributed by atoms with van der Waals surface area (Å²) in [5, 5.41) is 10.9. The normalized spacial score (nSPS) is 17.8. The Morgan fingerprint density at radius 1 is 1.29 bits per heavy atom. The van der Waals surface area contributed by atoms with E-state index >= 15 is 0 Å². The zero-order valence-electron chi connectivity index (χ0n) is 12.1. The predicted octanol–water partition coefficient (Wildman–Crippen LogP) is 1.03. The fourth-order valence-corrected chi connectivity index (χ4v) is 3.82. The lowest BCUT2D eigenvalue weighted by molar-refractivity contribution is -0.385. The van der Waals surface area contributed by atoms with Crippen molar-refractivity contribution in [2.75, 3.05) is 32.7 Å². The Kier molecular flexibility index (Phi) is 4.60. The molecule has 0 N–H and O–H groups in total. The van der Waals surface area contributed by atoms with Crippen LogP contribution in [0, 0.1) is 23.1 Å². The fraction of sp³-hybridized carbons (Fsp3) is 0.538. The van der Waals surface area contributed by atoms with Crippen LogP contribution in [0.2, 0.25) is 0 Å². The molecule has 0 bridgehead atoms. The summed E-state index contributed by atoms with van der Waals surface area (Å²) >= 11 is 0. The lowest BCUT2D eigenvalue weighted by Crippen LogP contribution is -2.48. The molecule has 1 heterocycles.